The minimum Gasteiger partial charge on any atom is -0.472 e. The quantitative estimate of drug-likeness (QED) is 0.597. The highest BCUT2D eigenvalue weighted by molar-refractivity contribution is 7.90. The first-order chi connectivity index (χ1) is 13.3. The molecule has 3 rings (SSSR count). The summed E-state index contributed by atoms with van der Waals surface area (Å²) in [6, 6.07) is 11.3. The summed E-state index contributed by atoms with van der Waals surface area (Å²) in [4.78, 5) is 12.5. The van der Waals surface area contributed by atoms with Gasteiger partial charge >= 0.3 is 0 Å². The van der Waals surface area contributed by atoms with Crippen molar-refractivity contribution in [2.24, 2.45) is 0 Å². The van der Waals surface area contributed by atoms with Crippen LogP contribution in [0.1, 0.15) is 23.3 Å². The van der Waals surface area contributed by atoms with Crippen LogP contribution in [0.15, 0.2) is 75.0 Å². The molecule has 8 heteroatoms. The molecule has 2 heterocycles. The molecule has 0 spiro atoms. The van der Waals surface area contributed by atoms with Gasteiger partial charge in [-0.2, -0.15) is 0 Å². The molecule has 148 valence electrons. The topological polar surface area (TPSA) is 110 Å². The average Bonchev–Trinajstić information content (AvgIpc) is 3.38. The average molecular weight is 403 g/mol. The van der Waals surface area contributed by atoms with Gasteiger partial charge in [-0.3, -0.25) is 4.79 Å². The Kier molecular flexibility index (Phi) is 5.71. The van der Waals surface area contributed by atoms with Crippen LogP contribution in [0.5, 0.6) is 0 Å². The van der Waals surface area contributed by atoms with Crippen molar-refractivity contribution in [3.8, 4) is 0 Å². The Balaban J connectivity index is 1.60. The maximum Gasteiger partial charge on any atom is 0.220 e. The summed E-state index contributed by atoms with van der Waals surface area (Å²) in [5.41, 5.74) is -0.221. The highest BCUT2D eigenvalue weighted by Crippen LogP contribution is 2.29. The van der Waals surface area contributed by atoms with Crippen LogP contribution in [0, 0.1) is 0 Å². The molecular weight excluding hydrogens is 382 g/mol. The number of carbonyl (C=O) groups is 1. The van der Waals surface area contributed by atoms with E-state index in [2.05, 4.69) is 5.32 Å². The normalized spacial score (nSPS) is 13.8. The Hall–Kier alpha value is -2.84. The van der Waals surface area contributed by atoms with E-state index in [1.54, 1.807) is 30.3 Å². The van der Waals surface area contributed by atoms with E-state index >= 15 is 0 Å². The van der Waals surface area contributed by atoms with Gasteiger partial charge in [0, 0.05) is 18.2 Å². The van der Waals surface area contributed by atoms with Crippen molar-refractivity contribution in [1.82, 2.24) is 5.32 Å². The van der Waals surface area contributed by atoms with Crippen molar-refractivity contribution in [3.05, 3.63) is 78.1 Å². The van der Waals surface area contributed by atoms with Crippen LogP contribution < -0.4 is 5.32 Å². The molecule has 1 amide bonds. The highest BCUT2D eigenvalue weighted by atomic mass is 32.2. The van der Waals surface area contributed by atoms with Crippen molar-refractivity contribution in [1.29, 1.82) is 0 Å². The molecule has 0 unspecified atom stereocenters. The number of furan rings is 2. The molecule has 0 saturated heterocycles. The fourth-order valence-electron chi connectivity index (χ4n) is 2.82. The van der Waals surface area contributed by atoms with Gasteiger partial charge in [0.25, 0.3) is 0 Å². The monoisotopic (exact) mass is 403 g/mol. The first kappa shape index (κ1) is 19.9. The zero-order chi connectivity index (χ0) is 20.2. The number of aliphatic hydroxyl groups is 1. The summed E-state index contributed by atoms with van der Waals surface area (Å²) in [7, 11) is -3.24. The van der Waals surface area contributed by atoms with E-state index in [4.69, 9.17) is 8.83 Å². The number of amides is 1. The third-order valence-corrected chi connectivity index (χ3v) is 5.59. The van der Waals surface area contributed by atoms with Gasteiger partial charge in [0.1, 0.15) is 5.76 Å². The summed E-state index contributed by atoms with van der Waals surface area (Å²) >= 11 is 0. The van der Waals surface area contributed by atoms with Crippen molar-refractivity contribution in [2.45, 2.75) is 23.3 Å². The maximum atomic E-state index is 12.3. The van der Waals surface area contributed by atoms with Crippen molar-refractivity contribution in [3.63, 3.8) is 0 Å². The molecule has 3 aromatic rings. The van der Waals surface area contributed by atoms with Gasteiger partial charge in [-0.05, 0) is 42.3 Å². The Morgan fingerprint density at radius 2 is 1.89 bits per heavy atom. The largest absolute Gasteiger partial charge is 0.472 e. The van der Waals surface area contributed by atoms with Gasteiger partial charge < -0.3 is 19.3 Å². The van der Waals surface area contributed by atoms with Crippen LogP contribution in [0.2, 0.25) is 0 Å². The van der Waals surface area contributed by atoms with E-state index in [0.717, 1.165) is 11.8 Å². The molecule has 0 aliphatic rings. The maximum absolute atomic E-state index is 12.3. The molecule has 0 saturated carbocycles. The first-order valence-corrected chi connectivity index (χ1v) is 10.5. The molecule has 28 heavy (non-hydrogen) atoms. The zero-order valence-corrected chi connectivity index (χ0v) is 16.1. The molecule has 0 fully saturated rings. The van der Waals surface area contributed by atoms with E-state index < -0.39 is 15.4 Å². The second-order valence-corrected chi connectivity index (χ2v) is 8.56. The fourth-order valence-corrected chi connectivity index (χ4v) is 3.45. The lowest BCUT2D eigenvalue weighted by Gasteiger charge is -2.25. The molecule has 1 aromatic carbocycles. The smallest absolute Gasteiger partial charge is 0.220 e. The van der Waals surface area contributed by atoms with Crippen LogP contribution in [0.25, 0.3) is 0 Å². The second kappa shape index (κ2) is 8.04. The predicted molar refractivity (Wildman–Crippen MR) is 101 cm³/mol. The summed E-state index contributed by atoms with van der Waals surface area (Å²) in [6.45, 7) is -0.0775. The highest BCUT2D eigenvalue weighted by Gasteiger charge is 2.36. The molecule has 0 bridgehead atoms. The van der Waals surface area contributed by atoms with Crippen molar-refractivity contribution in [2.75, 3.05) is 12.8 Å². The lowest BCUT2D eigenvalue weighted by molar-refractivity contribution is -0.122. The van der Waals surface area contributed by atoms with Crippen LogP contribution in [0.4, 0.5) is 0 Å². The van der Waals surface area contributed by atoms with Crippen molar-refractivity contribution < 1.29 is 27.2 Å². The van der Waals surface area contributed by atoms with E-state index in [0.29, 0.717) is 17.7 Å². The minimum atomic E-state index is -3.24. The Morgan fingerprint density at radius 3 is 2.46 bits per heavy atom. The van der Waals surface area contributed by atoms with E-state index in [9.17, 15) is 18.3 Å². The molecule has 2 aromatic heterocycles. The molecule has 1 atom stereocenters. The lowest BCUT2D eigenvalue weighted by Crippen LogP contribution is -2.41. The van der Waals surface area contributed by atoms with Crippen LogP contribution in [-0.2, 0) is 26.7 Å². The number of carbonyl (C=O) groups excluding carboxylic acids is 1. The lowest BCUT2D eigenvalue weighted by atomic mass is 9.93. The van der Waals surface area contributed by atoms with Crippen LogP contribution >= 0.6 is 0 Å². The van der Waals surface area contributed by atoms with E-state index in [-0.39, 0.29) is 23.8 Å². The van der Waals surface area contributed by atoms with Crippen LogP contribution in [-0.4, -0.2) is 32.2 Å². The molecule has 2 N–H and O–H groups in total. The number of benzene rings is 1. The number of rotatable bonds is 8. The van der Waals surface area contributed by atoms with Gasteiger partial charge in [0.2, 0.25) is 5.91 Å². The Labute approximate surface area is 162 Å². The van der Waals surface area contributed by atoms with E-state index in [1.807, 2.05) is 0 Å². The third-order valence-electron chi connectivity index (χ3n) is 4.46. The van der Waals surface area contributed by atoms with E-state index in [1.165, 1.54) is 30.9 Å². The fraction of sp³-hybridized carbons (Fsp3) is 0.250. The molecule has 0 radical (unpaired) electrons. The van der Waals surface area contributed by atoms with Gasteiger partial charge in [0.15, 0.2) is 15.4 Å². The molecular formula is C20H21NO6S. The standard InChI is InChI=1S/C20H21NO6S/c1-28(24,25)17-7-4-15(5-8-17)6-9-19(22)21-14-20(23,16-10-12-26-13-16)18-3-2-11-27-18/h2-5,7-8,10-13,23H,6,9,14H2,1H3,(H,21,22)/t20-/m0/s1. The molecule has 0 aliphatic carbocycles. The summed E-state index contributed by atoms with van der Waals surface area (Å²) in [6.07, 6.45) is 6.07. The Bertz CT molecular complexity index is 971. The number of hydrogen-bond acceptors (Lipinski definition) is 6. The predicted octanol–water partition coefficient (Wildman–Crippen LogP) is 2.26. The second-order valence-electron chi connectivity index (χ2n) is 6.54. The Morgan fingerprint density at radius 1 is 1.14 bits per heavy atom. The van der Waals surface area contributed by atoms with Crippen LogP contribution in [0.3, 0.4) is 0 Å². The molecule has 0 aliphatic heterocycles. The third kappa shape index (κ3) is 4.52. The first-order valence-electron chi connectivity index (χ1n) is 8.64. The zero-order valence-electron chi connectivity index (χ0n) is 15.3. The van der Waals surface area contributed by atoms with Gasteiger partial charge in [-0.1, -0.05) is 12.1 Å². The SMILES string of the molecule is CS(=O)(=O)c1ccc(CCC(=O)NC[C@](O)(c2ccoc2)c2ccco2)cc1. The van der Waals surface area contributed by atoms with Gasteiger partial charge in [0.05, 0.1) is 30.2 Å². The number of aryl methyl sites for hydroxylation is 1. The summed E-state index contributed by atoms with van der Waals surface area (Å²) < 4.78 is 33.3. The van der Waals surface area contributed by atoms with Gasteiger partial charge in [-0.25, -0.2) is 8.42 Å². The van der Waals surface area contributed by atoms with Crippen molar-refractivity contribution >= 4 is 15.7 Å². The summed E-state index contributed by atoms with van der Waals surface area (Å²) in [5.74, 6) is 0.0474. The number of hydrogen-bond donors (Lipinski definition) is 2. The molecule has 7 nitrogen and oxygen atoms in total. The van der Waals surface area contributed by atoms with Gasteiger partial charge in [-0.15, -0.1) is 0 Å². The number of nitrogens with one attached hydrogen (secondary N) is 1. The summed E-state index contributed by atoms with van der Waals surface area (Å²) in [5, 5.41) is 13.8. The number of sulfone groups is 1. The minimum absolute atomic E-state index is 0.0775.